The van der Waals surface area contributed by atoms with Crippen molar-refractivity contribution in [2.75, 3.05) is 40.4 Å². The van der Waals surface area contributed by atoms with Crippen LogP contribution in [0.1, 0.15) is 11.1 Å². The highest BCUT2D eigenvalue weighted by Gasteiger charge is 2.18. The predicted octanol–water partition coefficient (Wildman–Crippen LogP) is 5.09. The summed E-state index contributed by atoms with van der Waals surface area (Å²) >= 11 is 3.48. The lowest BCUT2D eigenvalue weighted by Crippen LogP contribution is -2.24. The van der Waals surface area contributed by atoms with E-state index >= 15 is 0 Å². The summed E-state index contributed by atoms with van der Waals surface area (Å²) in [6, 6.07) is 15.4. The molecule has 0 bridgehead atoms. The monoisotopic (exact) mass is 502 g/mol. The summed E-state index contributed by atoms with van der Waals surface area (Å²) in [5.41, 5.74) is 1.98. The van der Waals surface area contributed by atoms with Gasteiger partial charge in [0.15, 0.2) is 0 Å². The van der Waals surface area contributed by atoms with Crippen LogP contribution in [0.4, 0.5) is 5.82 Å². The van der Waals surface area contributed by atoms with Gasteiger partial charge in [-0.1, -0.05) is 0 Å². The average molecular weight is 503 g/mol. The number of methoxy groups -OCH3 is 5. The van der Waals surface area contributed by atoms with Crippen LogP contribution in [0.2, 0.25) is 0 Å². The third kappa shape index (κ3) is 5.37. The third-order valence-electron chi connectivity index (χ3n) is 5.03. The molecule has 0 N–H and O–H groups in total. The van der Waals surface area contributed by atoms with Gasteiger partial charge >= 0.3 is 0 Å². The van der Waals surface area contributed by atoms with Gasteiger partial charge in [0.1, 0.15) is 28.8 Å². The molecule has 0 saturated carbocycles. The summed E-state index contributed by atoms with van der Waals surface area (Å²) in [7, 11) is 8.16. The molecule has 0 spiro atoms. The molecule has 3 rings (SSSR count). The third-order valence-corrected chi connectivity index (χ3v) is 5.63. The minimum absolute atomic E-state index is 0.510. The quantitative estimate of drug-likeness (QED) is 0.382. The number of ether oxygens (including phenoxy) is 5. The summed E-state index contributed by atoms with van der Waals surface area (Å²) in [5.74, 6) is 4.20. The number of rotatable bonds is 10. The van der Waals surface area contributed by atoms with E-state index in [2.05, 4.69) is 25.8 Å². The first-order chi connectivity index (χ1) is 15.5. The van der Waals surface area contributed by atoms with E-state index in [0.717, 1.165) is 44.4 Å². The first-order valence-corrected chi connectivity index (χ1v) is 10.7. The van der Waals surface area contributed by atoms with E-state index in [1.54, 1.807) is 35.5 Å². The Kier molecular flexibility index (Phi) is 8.05. The largest absolute Gasteiger partial charge is 0.497 e. The van der Waals surface area contributed by atoms with Crippen LogP contribution in [0.15, 0.2) is 53.0 Å². The number of nitrogens with zero attached hydrogens (tertiary/aromatic N) is 2. The van der Waals surface area contributed by atoms with Crippen LogP contribution in [0, 0.1) is 0 Å². The molecule has 2 aromatic carbocycles. The minimum atomic E-state index is 0.510. The van der Waals surface area contributed by atoms with Crippen LogP contribution in [0.5, 0.6) is 28.9 Å². The molecule has 8 heteroatoms. The van der Waals surface area contributed by atoms with E-state index < -0.39 is 0 Å². The van der Waals surface area contributed by atoms with Crippen molar-refractivity contribution in [3.63, 3.8) is 0 Å². The molecular formula is C24H27BrN2O5. The summed E-state index contributed by atoms with van der Waals surface area (Å²) < 4.78 is 28.1. The van der Waals surface area contributed by atoms with Gasteiger partial charge in [0, 0.05) is 36.3 Å². The van der Waals surface area contributed by atoms with E-state index in [9.17, 15) is 0 Å². The molecule has 32 heavy (non-hydrogen) atoms. The highest BCUT2D eigenvalue weighted by atomic mass is 79.9. The molecule has 170 valence electrons. The fourth-order valence-corrected chi connectivity index (χ4v) is 3.71. The number of benzene rings is 2. The zero-order valence-electron chi connectivity index (χ0n) is 18.8. The SMILES string of the molecule is COc1ccc(CN(Cc2ccc(OC)cc2OC)c2ccc(Br)c(OC)n2)c(OC)c1. The Balaban J connectivity index is 2.03. The Bertz CT molecular complexity index is 1000. The second-order valence-electron chi connectivity index (χ2n) is 6.87. The molecular weight excluding hydrogens is 476 g/mol. The van der Waals surface area contributed by atoms with E-state index in [1.165, 1.54) is 0 Å². The number of halogens is 1. The number of pyridine rings is 1. The second kappa shape index (κ2) is 10.9. The topological polar surface area (TPSA) is 62.3 Å². The molecule has 0 fully saturated rings. The standard InChI is InChI=1S/C24H27BrN2O5/c1-28-18-8-6-16(21(12-18)30-3)14-27(23-11-10-20(25)24(26-23)32-5)15-17-7-9-19(29-2)13-22(17)31-4/h6-13H,14-15H2,1-5H3. The van der Waals surface area contributed by atoms with Gasteiger partial charge in [0.25, 0.3) is 0 Å². The molecule has 1 heterocycles. The Morgan fingerprint density at radius 1 is 0.688 bits per heavy atom. The Morgan fingerprint density at radius 3 is 1.66 bits per heavy atom. The first-order valence-electron chi connectivity index (χ1n) is 9.90. The fourth-order valence-electron chi connectivity index (χ4n) is 3.33. The highest BCUT2D eigenvalue weighted by molar-refractivity contribution is 9.10. The lowest BCUT2D eigenvalue weighted by molar-refractivity contribution is 0.388. The molecule has 0 aliphatic carbocycles. The molecule has 7 nitrogen and oxygen atoms in total. The summed E-state index contributed by atoms with van der Waals surface area (Å²) in [4.78, 5) is 6.82. The number of hydrogen-bond donors (Lipinski definition) is 0. The molecule has 0 aliphatic heterocycles. The molecule has 0 amide bonds. The molecule has 0 atom stereocenters. The van der Waals surface area contributed by atoms with E-state index in [-0.39, 0.29) is 0 Å². The minimum Gasteiger partial charge on any atom is -0.497 e. The Morgan fingerprint density at radius 2 is 1.22 bits per heavy atom. The van der Waals surface area contributed by atoms with Crippen LogP contribution >= 0.6 is 15.9 Å². The van der Waals surface area contributed by atoms with Crippen LogP contribution in [0.3, 0.4) is 0 Å². The summed E-state index contributed by atoms with van der Waals surface area (Å²) in [5, 5.41) is 0. The molecule has 0 unspecified atom stereocenters. The molecule has 1 aromatic heterocycles. The Labute approximate surface area is 197 Å². The van der Waals surface area contributed by atoms with Crippen molar-refractivity contribution in [3.05, 3.63) is 64.1 Å². The van der Waals surface area contributed by atoms with Gasteiger partial charge in [-0.05, 0) is 52.3 Å². The number of aromatic nitrogens is 1. The smallest absolute Gasteiger partial charge is 0.229 e. The summed E-state index contributed by atoms with van der Waals surface area (Å²) in [6.45, 7) is 1.08. The lowest BCUT2D eigenvalue weighted by Gasteiger charge is -2.26. The maximum absolute atomic E-state index is 5.61. The molecule has 0 radical (unpaired) electrons. The predicted molar refractivity (Wildman–Crippen MR) is 127 cm³/mol. The van der Waals surface area contributed by atoms with Crippen LogP contribution in [-0.2, 0) is 13.1 Å². The van der Waals surface area contributed by atoms with Gasteiger partial charge in [-0.15, -0.1) is 0 Å². The van der Waals surface area contributed by atoms with Gasteiger partial charge in [-0.2, -0.15) is 4.98 Å². The molecule has 0 saturated heterocycles. The van der Waals surface area contributed by atoms with Crippen LogP contribution in [-0.4, -0.2) is 40.5 Å². The van der Waals surface area contributed by atoms with Gasteiger partial charge in [-0.25, -0.2) is 0 Å². The van der Waals surface area contributed by atoms with Gasteiger partial charge in [0.05, 0.1) is 40.0 Å². The van der Waals surface area contributed by atoms with Gasteiger partial charge in [0.2, 0.25) is 5.88 Å². The highest BCUT2D eigenvalue weighted by Crippen LogP contribution is 2.32. The number of anilines is 1. The summed E-state index contributed by atoms with van der Waals surface area (Å²) in [6.07, 6.45) is 0. The van der Waals surface area contributed by atoms with Crippen molar-refractivity contribution in [1.29, 1.82) is 0 Å². The maximum atomic E-state index is 5.61. The maximum Gasteiger partial charge on any atom is 0.229 e. The normalized spacial score (nSPS) is 10.4. The molecule has 0 aliphatic rings. The average Bonchev–Trinajstić information content (AvgIpc) is 2.84. The van der Waals surface area contributed by atoms with E-state index in [1.807, 2.05) is 48.5 Å². The van der Waals surface area contributed by atoms with Crippen LogP contribution in [0.25, 0.3) is 0 Å². The van der Waals surface area contributed by atoms with Crippen molar-refractivity contribution < 1.29 is 23.7 Å². The lowest BCUT2D eigenvalue weighted by atomic mass is 10.1. The van der Waals surface area contributed by atoms with Crippen LogP contribution < -0.4 is 28.6 Å². The van der Waals surface area contributed by atoms with Gasteiger partial charge in [-0.3, -0.25) is 0 Å². The van der Waals surface area contributed by atoms with E-state index in [0.29, 0.717) is 19.0 Å². The molecule has 3 aromatic rings. The van der Waals surface area contributed by atoms with Crippen molar-refractivity contribution in [1.82, 2.24) is 4.98 Å². The first kappa shape index (κ1) is 23.5. The Hall–Kier alpha value is -3.13. The number of hydrogen-bond acceptors (Lipinski definition) is 7. The second-order valence-corrected chi connectivity index (χ2v) is 7.73. The van der Waals surface area contributed by atoms with Crippen molar-refractivity contribution in [3.8, 4) is 28.9 Å². The van der Waals surface area contributed by atoms with Crippen molar-refractivity contribution in [2.24, 2.45) is 0 Å². The van der Waals surface area contributed by atoms with E-state index in [4.69, 9.17) is 23.7 Å². The van der Waals surface area contributed by atoms with Gasteiger partial charge < -0.3 is 28.6 Å². The zero-order chi connectivity index (χ0) is 23.1. The zero-order valence-corrected chi connectivity index (χ0v) is 20.4. The van der Waals surface area contributed by atoms with Crippen molar-refractivity contribution in [2.45, 2.75) is 13.1 Å². The van der Waals surface area contributed by atoms with Crippen molar-refractivity contribution >= 4 is 21.7 Å². The fraction of sp³-hybridized carbons (Fsp3) is 0.292.